The Morgan fingerprint density at radius 3 is 2.40 bits per heavy atom. The summed E-state index contributed by atoms with van der Waals surface area (Å²) in [5.74, 6) is 0. The Kier molecular flexibility index (Phi) is 2.02. The van der Waals surface area contributed by atoms with Crippen LogP contribution in [0.4, 0.5) is 8.78 Å². The lowest BCUT2D eigenvalue weighted by Crippen LogP contribution is -2.11. The Balaban J connectivity index is 2.30. The van der Waals surface area contributed by atoms with Gasteiger partial charge in [0, 0.05) is 11.8 Å². The molecule has 0 N–H and O–H groups in total. The van der Waals surface area contributed by atoms with Gasteiger partial charge in [0.25, 0.3) is 0 Å². The van der Waals surface area contributed by atoms with E-state index in [0.717, 1.165) is 0 Å². The topological polar surface area (TPSA) is 17.1 Å². The molecule has 58 valence electrons. The average molecular weight is 148 g/mol. The first-order valence-corrected chi connectivity index (χ1v) is 3.43. The van der Waals surface area contributed by atoms with E-state index >= 15 is 0 Å². The molecule has 0 saturated heterocycles. The zero-order valence-electron chi connectivity index (χ0n) is 5.65. The summed E-state index contributed by atoms with van der Waals surface area (Å²) in [7, 11) is 0. The summed E-state index contributed by atoms with van der Waals surface area (Å²) in [5.41, 5.74) is -0.763. The number of alkyl halides is 2. The van der Waals surface area contributed by atoms with E-state index in [9.17, 15) is 13.6 Å². The fraction of sp³-hybridized carbons (Fsp3) is 0.857. The van der Waals surface area contributed by atoms with Crippen LogP contribution in [-0.2, 0) is 4.79 Å². The minimum absolute atomic E-state index is 0.282. The molecule has 1 rings (SSSR count). The van der Waals surface area contributed by atoms with E-state index in [-0.39, 0.29) is 6.42 Å². The highest BCUT2D eigenvalue weighted by atomic mass is 19.3. The van der Waals surface area contributed by atoms with Crippen molar-refractivity contribution in [2.75, 3.05) is 0 Å². The molecule has 0 radical (unpaired) electrons. The van der Waals surface area contributed by atoms with Crippen LogP contribution < -0.4 is 0 Å². The van der Waals surface area contributed by atoms with E-state index in [1.54, 1.807) is 0 Å². The number of carbonyl (C=O) groups is 1. The number of halogens is 2. The van der Waals surface area contributed by atoms with Gasteiger partial charge in [0.05, 0.1) is 0 Å². The lowest BCUT2D eigenvalue weighted by Gasteiger charge is -2.10. The zero-order chi connectivity index (χ0) is 7.61. The van der Waals surface area contributed by atoms with Gasteiger partial charge in [-0.3, -0.25) is 0 Å². The molecule has 1 fully saturated rings. The van der Waals surface area contributed by atoms with E-state index in [1.165, 1.54) is 0 Å². The van der Waals surface area contributed by atoms with Gasteiger partial charge in [0.15, 0.2) is 0 Å². The van der Waals surface area contributed by atoms with Crippen molar-refractivity contribution in [3.8, 4) is 0 Å². The third kappa shape index (κ3) is 1.33. The second-order valence-electron chi connectivity index (χ2n) is 2.87. The summed E-state index contributed by atoms with van der Waals surface area (Å²) in [6, 6.07) is 0. The monoisotopic (exact) mass is 148 g/mol. The van der Waals surface area contributed by atoms with Crippen molar-refractivity contribution >= 4 is 6.29 Å². The molecule has 0 atom stereocenters. The Bertz CT molecular complexity index is 130. The second kappa shape index (κ2) is 2.64. The first-order valence-electron chi connectivity index (χ1n) is 3.43. The van der Waals surface area contributed by atoms with Gasteiger partial charge in [-0.1, -0.05) is 0 Å². The van der Waals surface area contributed by atoms with E-state index in [2.05, 4.69) is 0 Å². The van der Waals surface area contributed by atoms with Gasteiger partial charge in [-0.05, 0) is 19.3 Å². The van der Waals surface area contributed by atoms with Gasteiger partial charge >= 0.3 is 0 Å². The molecule has 0 amide bonds. The van der Waals surface area contributed by atoms with Crippen LogP contribution in [0, 0.1) is 5.41 Å². The molecule has 0 heterocycles. The third-order valence-corrected chi connectivity index (χ3v) is 2.12. The number of hydrogen-bond acceptors (Lipinski definition) is 1. The molecule has 10 heavy (non-hydrogen) atoms. The molecular formula is C7H10F2O. The van der Waals surface area contributed by atoms with Crippen LogP contribution in [0.1, 0.15) is 25.7 Å². The molecule has 0 aromatic rings. The van der Waals surface area contributed by atoms with Crippen LogP contribution in [0.3, 0.4) is 0 Å². The molecule has 1 nitrogen and oxygen atoms in total. The molecule has 0 unspecified atom stereocenters. The highest BCUT2D eigenvalue weighted by molar-refractivity contribution is 5.49. The Labute approximate surface area is 58.4 Å². The fourth-order valence-electron chi connectivity index (χ4n) is 1.08. The molecule has 3 heteroatoms. The minimum atomic E-state index is -2.23. The summed E-state index contributed by atoms with van der Waals surface area (Å²) in [5, 5.41) is 0. The predicted molar refractivity (Wildman–Crippen MR) is 33.0 cm³/mol. The molecule has 0 bridgehead atoms. The highest BCUT2D eigenvalue weighted by Gasteiger charge is 2.49. The molecule has 1 saturated carbocycles. The minimum Gasteiger partial charge on any atom is -0.303 e. The predicted octanol–water partition coefficient (Wildman–Crippen LogP) is 2.01. The van der Waals surface area contributed by atoms with Crippen LogP contribution in [0.15, 0.2) is 0 Å². The quantitative estimate of drug-likeness (QED) is 0.557. The van der Waals surface area contributed by atoms with Crippen molar-refractivity contribution in [1.29, 1.82) is 0 Å². The molecule has 0 aliphatic heterocycles. The summed E-state index contributed by atoms with van der Waals surface area (Å²) in [6.45, 7) is 0. The standard InChI is InChI=1S/C7H10F2O/c8-6(9)7(3-4-7)2-1-5-10/h5-6H,1-4H2. The van der Waals surface area contributed by atoms with Crippen LogP contribution in [0.2, 0.25) is 0 Å². The van der Waals surface area contributed by atoms with Crippen molar-refractivity contribution in [2.45, 2.75) is 32.1 Å². The maximum absolute atomic E-state index is 12.1. The van der Waals surface area contributed by atoms with Crippen LogP contribution in [-0.4, -0.2) is 12.7 Å². The summed E-state index contributed by atoms with van der Waals surface area (Å²) in [6.07, 6.45) is 0.324. The van der Waals surface area contributed by atoms with Gasteiger partial charge in [-0.2, -0.15) is 0 Å². The van der Waals surface area contributed by atoms with Gasteiger partial charge in [0.2, 0.25) is 6.43 Å². The van der Waals surface area contributed by atoms with Crippen molar-refractivity contribution in [2.24, 2.45) is 5.41 Å². The third-order valence-electron chi connectivity index (χ3n) is 2.12. The largest absolute Gasteiger partial charge is 0.303 e. The molecule has 1 aliphatic carbocycles. The van der Waals surface area contributed by atoms with Crippen LogP contribution >= 0.6 is 0 Å². The van der Waals surface area contributed by atoms with Crippen LogP contribution in [0.25, 0.3) is 0 Å². The highest BCUT2D eigenvalue weighted by Crippen LogP contribution is 2.53. The fourth-order valence-corrected chi connectivity index (χ4v) is 1.08. The maximum Gasteiger partial charge on any atom is 0.244 e. The lowest BCUT2D eigenvalue weighted by molar-refractivity contribution is -0.108. The van der Waals surface area contributed by atoms with Gasteiger partial charge in [-0.25, -0.2) is 8.78 Å². The lowest BCUT2D eigenvalue weighted by atomic mass is 10.0. The number of carbonyl (C=O) groups excluding carboxylic acids is 1. The summed E-state index contributed by atoms with van der Waals surface area (Å²) >= 11 is 0. The Morgan fingerprint density at radius 1 is 1.50 bits per heavy atom. The van der Waals surface area contributed by atoms with Crippen molar-refractivity contribution in [3.63, 3.8) is 0 Å². The number of aldehydes is 1. The Morgan fingerprint density at radius 2 is 2.10 bits per heavy atom. The first-order chi connectivity index (χ1) is 4.71. The van der Waals surface area contributed by atoms with Crippen molar-refractivity contribution in [1.82, 2.24) is 0 Å². The van der Waals surface area contributed by atoms with Gasteiger partial charge in [-0.15, -0.1) is 0 Å². The molecule has 0 aromatic carbocycles. The summed E-state index contributed by atoms with van der Waals surface area (Å²) < 4.78 is 24.2. The molecule has 0 aromatic heterocycles. The van der Waals surface area contributed by atoms with Crippen molar-refractivity contribution < 1.29 is 13.6 Å². The smallest absolute Gasteiger partial charge is 0.244 e. The van der Waals surface area contributed by atoms with Gasteiger partial charge < -0.3 is 4.79 Å². The Hall–Kier alpha value is -0.470. The SMILES string of the molecule is O=CCCC1(C(F)F)CC1. The number of hydrogen-bond donors (Lipinski definition) is 0. The molecular weight excluding hydrogens is 138 g/mol. The molecule has 1 aliphatic rings. The van der Waals surface area contributed by atoms with E-state index in [4.69, 9.17) is 0 Å². The van der Waals surface area contributed by atoms with Crippen LogP contribution in [0.5, 0.6) is 0 Å². The van der Waals surface area contributed by atoms with Gasteiger partial charge in [0.1, 0.15) is 6.29 Å². The van der Waals surface area contributed by atoms with Crippen molar-refractivity contribution in [3.05, 3.63) is 0 Å². The second-order valence-corrected chi connectivity index (χ2v) is 2.87. The number of rotatable bonds is 4. The first kappa shape index (κ1) is 7.63. The maximum atomic E-state index is 12.1. The van der Waals surface area contributed by atoms with E-state index < -0.39 is 11.8 Å². The van der Waals surface area contributed by atoms with E-state index in [1.807, 2.05) is 0 Å². The average Bonchev–Trinajstić information content (AvgIpc) is 2.64. The normalized spacial score (nSPS) is 21.1. The van der Waals surface area contributed by atoms with E-state index in [0.29, 0.717) is 25.5 Å². The zero-order valence-corrected chi connectivity index (χ0v) is 5.65. The molecule has 0 spiro atoms. The summed E-state index contributed by atoms with van der Waals surface area (Å²) in [4.78, 5) is 9.86.